The van der Waals surface area contributed by atoms with Gasteiger partial charge in [-0.1, -0.05) is 132 Å². The highest BCUT2D eigenvalue weighted by atomic mass is 16.5. The molecule has 0 saturated carbocycles. The highest BCUT2D eigenvalue weighted by molar-refractivity contribution is 6.13. The molecule has 4 aromatic carbocycles. The Balaban J connectivity index is 1.51. The topological polar surface area (TPSA) is 92.5 Å². The number of urea groups is 1. The normalized spacial score (nSPS) is 16.3. The lowest BCUT2D eigenvalue weighted by molar-refractivity contribution is 0.0981. The van der Waals surface area contributed by atoms with E-state index in [1.165, 1.54) is 0 Å². The monoisotopic (exact) mass is 909 g/mol. The van der Waals surface area contributed by atoms with Gasteiger partial charge in [-0.15, -0.1) is 0 Å². The fourth-order valence-corrected chi connectivity index (χ4v) is 8.42. The highest BCUT2D eigenvalue weighted by Gasteiger charge is 2.34. The summed E-state index contributed by atoms with van der Waals surface area (Å²) in [4.78, 5) is 40.7. The Kier molecular flexibility index (Phi) is 13.5. The number of ether oxygens (including phenoxy) is 2. The summed E-state index contributed by atoms with van der Waals surface area (Å²) >= 11 is 0. The van der Waals surface area contributed by atoms with Crippen LogP contribution in [0.1, 0.15) is 150 Å². The summed E-state index contributed by atoms with van der Waals surface area (Å²) in [6, 6.07) is 37.5. The van der Waals surface area contributed by atoms with Gasteiger partial charge in [-0.05, 0) is 127 Å². The number of aliphatic imine (C=N–C) groups is 2. The summed E-state index contributed by atoms with van der Waals surface area (Å²) in [7, 11) is 0. The summed E-state index contributed by atoms with van der Waals surface area (Å²) in [5.41, 5.74) is 13.1. The third-order valence-electron chi connectivity index (χ3n) is 12.6. The lowest BCUT2D eigenvalue weighted by Gasteiger charge is -2.36. The maximum atomic E-state index is 17.1. The van der Waals surface area contributed by atoms with Crippen molar-refractivity contribution in [3.63, 3.8) is 0 Å². The van der Waals surface area contributed by atoms with Gasteiger partial charge in [-0.2, -0.15) is 0 Å². The molecule has 0 unspecified atom stereocenters. The van der Waals surface area contributed by atoms with Crippen molar-refractivity contribution in [3.05, 3.63) is 176 Å². The van der Waals surface area contributed by atoms with Crippen LogP contribution in [0.4, 0.5) is 27.5 Å². The smallest absolute Gasteiger partial charge is 0.338 e. The minimum atomic E-state index is -0.243. The van der Waals surface area contributed by atoms with E-state index in [0.29, 0.717) is 37.8 Å². The van der Waals surface area contributed by atoms with Crippen molar-refractivity contribution in [2.45, 2.75) is 144 Å². The zero-order chi connectivity index (χ0) is 48.6. The molecule has 0 saturated heterocycles. The summed E-state index contributed by atoms with van der Waals surface area (Å²) in [6.07, 6.45) is 3.60. The molecule has 0 N–H and O–H groups in total. The van der Waals surface area contributed by atoms with Gasteiger partial charge in [0.2, 0.25) is 0 Å². The molecule has 2 aliphatic rings. The Morgan fingerprint density at radius 3 is 1.21 bits per heavy atom. The second-order valence-corrected chi connectivity index (χ2v) is 22.4. The number of carbonyl (C=O) groups excluding carboxylic acids is 1. The van der Waals surface area contributed by atoms with Gasteiger partial charge in [-0.3, -0.25) is 24.8 Å². The zero-order valence-corrected chi connectivity index (χ0v) is 42.2. The molecule has 0 atom stereocenters. The van der Waals surface area contributed by atoms with Crippen LogP contribution in [0.2, 0.25) is 0 Å². The van der Waals surface area contributed by atoms with Crippen LogP contribution >= 0.6 is 0 Å². The zero-order valence-electron chi connectivity index (χ0n) is 42.2. The SMILES string of the molecule is CC(C)(C)c1cc(N2C(=O)N(c3cc(C(C)(C)C)cc(C(C)(C)C)c3)c3cc4ccc3C/N=C/c3cccc(n3)/C=N/Cc3ccc(cc32)COCc2cccc(n2)COC4)cc(C(C)(C)C)c1. The molecular formula is C59H68N6O3. The Bertz CT molecular complexity index is 2640. The van der Waals surface area contributed by atoms with Gasteiger partial charge in [0.15, 0.2) is 0 Å². The molecule has 6 aromatic rings. The van der Waals surface area contributed by atoms with Crippen molar-refractivity contribution in [2.24, 2.45) is 9.98 Å². The van der Waals surface area contributed by atoms with Gasteiger partial charge in [-0.25, -0.2) is 9.78 Å². The number of amides is 2. The van der Waals surface area contributed by atoms with E-state index in [0.717, 1.165) is 78.7 Å². The first kappa shape index (κ1) is 48.2. The van der Waals surface area contributed by atoms with E-state index in [-0.39, 0.29) is 40.8 Å². The van der Waals surface area contributed by atoms with Gasteiger partial charge in [0, 0.05) is 12.4 Å². The third-order valence-corrected chi connectivity index (χ3v) is 12.6. The largest absolute Gasteiger partial charge is 0.370 e. The molecular weight excluding hydrogens is 841 g/mol. The van der Waals surface area contributed by atoms with Crippen LogP contribution in [0.15, 0.2) is 119 Å². The van der Waals surface area contributed by atoms with Crippen molar-refractivity contribution in [3.8, 4) is 0 Å². The Labute approximate surface area is 404 Å². The molecule has 352 valence electrons. The minimum Gasteiger partial charge on any atom is -0.370 e. The number of carbonyl (C=O) groups is 1. The van der Waals surface area contributed by atoms with E-state index >= 15 is 4.79 Å². The van der Waals surface area contributed by atoms with Crippen molar-refractivity contribution in [2.75, 3.05) is 9.80 Å². The average Bonchev–Trinajstić information content (AvgIpc) is 3.26. The van der Waals surface area contributed by atoms with E-state index < -0.39 is 0 Å². The number of nitrogens with zero attached hydrogens (tertiary/aromatic N) is 6. The number of anilines is 4. The van der Waals surface area contributed by atoms with Crippen molar-refractivity contribution < 1.29 is 14.3 Å². The maximum Gasteiger partial charge on any atom is 0.338 e. The quantitative estimate of drug-likeness (QED) is 0.173. The highest BCUT2D eigenvalue weighted by Crippen LogP contribution is 2.43. The van der Waals surface area contributed by atoms with Crippen LogP contribution in [0.25, 0.3) is 0 Å². The van der Waals surface area contributed by atoms with Crippen molar-refractivity contribution >= 4 is 41.2 Å². The van der Waals surface area contributed by atoms with Gasteiger partial charge < -0.3 is 9.47 Å². The molecule has 68 heavy (non-hydrogen) atoms. The van der Waals surface area contributed by atoms with E-state index in [9.17, 15) is 0 Å². The second-order valence-electron chi connectivity index (χ2n) is 22.4. The molecule has 9 nitrogen and oxygen atoms in total. The van der Waals surface area contributed by atoms with Crippen LogP contribution in [0, 0.1) is 0 Å². The summed E-state index contributed by atoms with van der Waals surface area (Å²) in [5.74, 6) is 0. The van der Waals surface area contributed by atoms with Gasteiger partial charge in [0.25, 0.3) is 0 Å². The molecule has 0 spiro atoms. The second kappa shape index (κ2) is 19.0. The summed E-state index contributed by atoms with van der Waals surface area (Å²) in [5, 5.41) is 0. The number of benzene rings is 4. The molecule has 4 heterocycles. The first-order valence-corrected chi connectivity index (χ1v) is 23.9. The molecule has 2 aliphatic heterocycles. The van der Waals surface area contributed by atoms with Crippen LogP contribution in [0.3, 0.4) is 0 Å². The number of pyridine rings is 2. The van der Waals surface area contributed by atoms with E-state index in [1.807, 2.05) is 46.2 Å². The number of fused-ring (bicyclic) bond motifs is 8. The molecule has 8 bridgehead atoms. The summed E-state index contributed by atoms with van der Waals surface area (Å²) in [6.45, 7) is 28.5. The number of hydrogen-bond donors (Lipinski definition) is 0. The standard InChI is InChI=1S/C59H68N6O3/c1-56(2,3)43-25-44(57(4,5)6)28-51(27-43)64-53-23-39-19-21-41(53)31-60-33-47-15-13-16-48(62-47)34-61-32-42-22-20-40(36-68-38-50-18-14-17-49(63-50)37-67-35-39)24-54(42)65(55(64)66)52-29-45(58(7,8)9)26-46(30-52)59(10,11)12/h13-30,33-34H,31-32,35-38H2,1-12H3/b60-33+,61-34+. The maximum absolute atomic E-state index is 17.1. The molecule has 9 heteroatoms. The number of rotatable bonds is 2. The van der Waals surface area contributed by atoms with Crippen molar-refractivity contribution in [1.29, 1.82) is 0 Å². The van der Waals surface area contributed by atoms with Crippen LogP contribution < -0.4 is 9.80 Å². The fraction of sp³-hybridized carbons (Fsp3) is 0.373. The third kappa shape index (κ3) is 11.2. The Hall–Kier alpha value is -6.29. The first-order chi connectivity index (χ1) is 32.1. The Morgan fingerprint density at radius 2 is 0.824 bits per heavy atom. The van der Waals surface area contributed by atoms with Gasteiger partial charge in [0.05, 0.1) is 85.0 Å². The molecule has 0 aliphatic carbocycles. The first-order valence-electron chi connectivity index (χ1n) is 23.9. The Morgan fingerprint density at radius 1 is 0.441 bits per heavy atom. The minimum absolute atomic E-state index is 0.235. The molecule has 0 radical (unpaired) electrons. The van der Waals surface area contributed by atoms with E-state index in [1.54, 1.807) is 12.4 Å². The number of aromatic nitrogens is 2. The molecule has 2 amide bonds. The van der Waals surface area contributed by atoms with E-state index in [4.69, 9.17) is 29.4 Å². The predicted molar refractivity (Wildman–Crippen MR) is 278 cm³/mol. The average molecular weight is 909 g/mol. The van der Waals surface area contributed by atoms with E-state index in [2.05, 4.69) is 156 Å². The predicted octanol–water partition coefficient (Wildman–Crippen LogP) is 14.1. The number of hydrogen-bond acceptors (Lipinski definition) is 7. The van der Waals surface area contributed by atoms with Crippen LogP contribution in [-0.2, 0) is 70.7 Å². The molecule has 0 fully saturated rings. The van der Waals surface area contributed by atoms with Crippen LogP contribution in [0.5, 0.6) is 0 Å². The summed E-state index contributed by atoms with van der Waals surface area (Å²) < 4.78 is 12.8. The van der Waals surface area contributed by atoms with Crippen LogP contribution in [-0.4, -0.2) is 28.4 Å². The molecule has 8 rings (SSSR count). The molecule has 2 aromatic heterocycles. The lowest BCUT2D eigenvalue weighted by Crippen LogP contribution is -2.40. The fourth-order valence-electron chi connectivity index (χ4n) is 8.42. The van der Waals surface area contributed by atoms with Gasteiger partial charge in [0.1, 0.15) is 0 Å². The van der Waals surface area contributed by atoms with Gasteiger partial charge >= 0.3 is 6.03 Å². The van der Waals surface area contributed by atoms with Crippen molar-refractivity contribution in [1.82, 2.24) is 9.97 Å². The lowest BCUT2D eigenvalue weighted by atomic mass is 9.80.